The minimum atomic E-state index is -0.113. The molecule has 0 aliphatic carbocycles. The number of methoxy groups -OCH3 is 1. The maximum Gasteiger partial charge on any atom is 0.272 e. The lowest BCUT2D eigenvalue weighted by Gasteiger charge is -2.26. The molecule has 0 saturated carbocycles. The zero-order chi connectivity index (χ0) is 18.1. The smallest absolute Gasteiger partial charge is 0.272 e. The molecule has 0 radical (unpaired) electrons. The number of aromatic amines is 1. The summed E-state index contributed by atoms with van der Waals surface area (Å²) in [7, 11) is 3.71. The van der Waals surface area contributed by atoms with Crippen LogP contribution in [0.5, 0.6) is 11.5 Å². The van der Waals surface area contributed by atoms with E-state index in [2.05, 4.69) is 27.5 Å². The van der Waals surface area contributed by atoms with E-state index in [0.29, 0.717) is 18.8 Å². The number of fused-ring (bicyclic) bond motifs is 2. The topological polar surface area (TPSA) is 79.5 Å². The summed E-state index contributed by atoms with van der Waals surface area (Å²) in [4.78, 5) is 14.8. The van der Waals surface area contributed by atoms with Crippen LogP contribution in [0.1, 0.15) is 27.3 Å². The molecule has 1 atom stereocenters. The molecule has 7 nitrogen and oxygen atoms in total. The summed E-state index contributed by atoms with van der Waals surface area (Å²) in [5, 5.41) is 10.3. The molecule has 7 heteroatoms. The number of amides is 1. The Balaban J connectivity index is 1.37. The van der Waals surface area contributed by atoms with E-state index in [9.17, 15) is 4.79 Å². The highest BCUT2D eigenvalue weighted by Crippen LogP contribution is 2.30. The number of hydrogen-bond donors (Lipinski definition) is 2. The lowest BCUT2D eigenvalue weighted by molar-refractivity contribution is 0.0932. The SMILES string of the molecule is COc1ccc2c(c1)OCC(CNC(=O)c1n[nH]c3c1CN(C)CC3)C2. The fourth-order valence-electron chi connectivity index (χ4n) is 3.61. The molecule has 2 aliphatic heterocycles. The number of aromatic nitrogens is 2. The number of H-pyrrole nitrogens is 1. The van der Waals surface area contributed by atoms with E-state index in [4.69, 9.17) is 9.47 Å². The Morgan fingerprint density at radius 3 is 3.23 bits per heavy atom. The van der Waals surface area contributed by atoms with E-state index in [1.165, 1.54) is 0 Å². The number of nitrogens with zero attached hydrogens (tertiary/aromatic N) is 2. The van der Waals surface area contributed by atoms with Crippen molar-refractivity contribution in [2.45, 2.75) is 19.4 Å². The minimum Gasteiger partial charge on any atom is -0.497 e. The Morgan fingerprint density at radius 2 is 2.38 bits per heavy atom. The highest BCUT2D eigenvalue weighted by molar-refractivity contribution is 5.94. The molecular weight excluding hydrogens is 332 g/mol. The summed E-state index contributed by atoms with van der Waals surface area (Å²) in [6, 6.07) is 5.88. The maximum atomic E-state index is 12.6. The Bertz CT molecular complexity index is 817. The van der Waals surface area contributed by atoms with E-state index in [-0.39, 0.29) is 11.8 Å². The van der Waals surface area contributed by atoms with Gasteiger partial charge in [-0.15, -0.1) is 0 Å². The molecule has 1 aromatic heterocycles. The van der Waals surface area contributed by atoms with E-state index < -0.39 is 0 Å². The van der Waals surface area contributed by atoms with Crippen molar-refractivity contribution in [2.75, 3.05) is 33.9 Å². The summed E-state index contributed by atoms with van der Waals surface area (Å²) >= 11 is 0. The van der Waals surface area contributed by atoms with E-state index in [1.54, 1.807) is 7.11 Å². The second-order valence-corrected chi connectivity index (χ2v) is 7.08. The van der Waals surface area contributed by atoms with Crippen molar-refractivity contribution in [1.82, 2.24) is 20.4 Å². The summed E-state index contributed by atoms with van der Waals surface area (Å²) in [5.41, 5.74) is 3.77. The van der Waals surface area contributed by atoms with Gasteiger partial charge in [-0.05, 0) is 25.1 Å². The fraction of sp³-hybridized carbons (Fsp3) is 0.474. The molecule has 138 valence electrons. The molecule has 2 aliphatic rings. The molecule has 3 heterocycles. The van der Waals surface area contributed by atoms with Gasteiger partial charge in [0.05, 0.1) is 13.7 Å². The van der Waals surface area contributed by atoms with Crippen LogP contribution >= 0.6 is 0 Å². The van der Waals surface area contributed by atoms with Gasteiger partial charge in [0.25, 0.3) is 5.91 Å². The normalized spacial score (nSPS) is 19.2. The molecule has 0 saturated heterocycles. The van der Waals surface area contributed by atoms with Crippen LogP contribution in [0.25, 0.3) is 0 Å². The van der Waals surface area contributed by atoms with Crippen molar-refractivity contribution in [3.05, 3.63) is 40.7 Å². The van der Waals surface area contributed by atoms with Gasteiger partial charge < -0.3 is 19.7 Å². The van der Waals surface area contributed by atoms with Crippen molar-refractivity contribution in [3.63, 3.8) is 0 Å². The van der Waals surface area contributed by atoms with Crippen LogP contribution in [-0.2, 0) is 19.4 Å². The van der Waals surface area contributed by atoms with Gasteiger partial charge in [-0.3, -0.25) is 9.89 Å². The van der Waals surface area contributed by atoms with Crippen LogP contribution < -0.4 is 14.8 Å². The predicted octanol–water partition coefficient (Wildman–Crippen LogP) is 1.39. The fourth-order valence-corrected chi connectivity index (χ4v) is 3.61. The highest BCUT2D eigenvalue weighted by atomic mass is 16.5. The number of rotatable bonds is 4. The first kappa shape index (κ1) is 16.9. The molecule has 2 aromatic rings. The van der Waals surface area contributed by atoms with E-state index >= 15 is 0 Å². The third-order valence-electron chi connectivity index (χ3n) is 5.15. The lowest BCUT2D eigenvalue weighted by Crippen LogP contribution is -2.36. The predicted molar refractivity (Wildman–Crippen MR) is 96.6 cm³/mol. The summed E-state index contributed by atoms with van der Waals surface area (Å²) in [6.45, 7) is 2.90. The molecular formula is C19H24N4O3. The van der Waals surface area contributed by atoms with Crippen molar-refractivity contribution in [1.29, 1.82) is 0 Å². The lowest BCUT2D eigenvalue weighted by atomic mass is 9.96. The first-order chi connectivity index (χ1) is 12.6. The summed E-state index contributed by atoms with van der Waals surface area (Å²) in [6.07, 6.45) is 1.78. The Labute approximate surface area is 152 Å². The number of hydrogen-bond acceptors (Lipinski definition) is 5. The van der Waals surface area contributed by atoms with E-state index in [0.717, 1.165) is 54.3 Å². The number of carbonyl (C=O) groups excluding carboxylic acids is 1. The van der Waals surface area contributed by atoms with Gasteiger partial charge in [0.1, 0.15) is 11.5 Å². The number of ether oxygens (including phenoxy) is 2. The van der Waals surface area contributed by atoms with Gasteiger partial charge in [-0.2, -0.15) is 5.10 Å². The van der Waals surface area contributed by atoms with Crippen molar-refractivity contribution in [2.24, 2.45) is 5.92 Å². The van der Waals surface area contributed by atoms with Gasteiger partial charge >= 0.3 is 0 Å². The quantitative estimate of drug-likeness (QED) is 0.865. The van der Waals surface area contributed by atoms with Crippen LogP contribution in [0.3, 0.4) is 0 Å². The van der Waals surface area contributed by atoms with Crippen LogP contribution in [0.4, 0.5) is 0 Å². The molecule has 1 aromatic carbocycles. The molecule has 26 heavy (non-hydrogen) atoms. The van der Waals surface area contributed by atoms with Crippen molar-refractivity contribution in [3.8, 4) is 11.5 Å². The van der Waals surface area contributed by atoms with Gasteiger partial charge in [0, 0.05) is 49.3 Å². The third kappa shape index (κ3) is 3.26. The first-order valence-electron chi connectivity index (χ1n) is 8.96. The third-order valence-corrected chi connectivity index (χ3v) is 5.15. The summed E-state index contributed by atoms with van der Waals surface area (Å²) in [5.74, 6) is 1.80. The van der Waals surface area contributed by atoms with Crippen LogP contribution in [0.15, 0.2) is 18.2 Å². The Kier molecular flexibility index (Phi) is 4.55. The average Bonchev–Trinajstić information content (AvgIpc) is 3.08. The summed E-state index contributed by atoms with van der Waals surface area (Å²) < 4.78 is 11.1. The molecule has 0 spiro atoms. The van der Waals surface area contributed by atoms with Crippen molar-refractivity contribution >= 4 is 5.91 Å². The molecule has 4 rings (SSSR count). The zero-order valence-corrected chi connectivity index (χ0v) is 15.2. The number of benzene rings is 1. The first-order valence-corrected chi connectivity index (χ1v) is 8.96. The van der Waals surface area contributed by atoms with Gasteiger partial charge in [0.15, 0.2) is 5.69 Å². The zero-order valence-electron chi connectivity index (χ0n) is 15.2. The van der Waals surface area contributed by atoms with E-state index in [1.807, 2.05) is 18.2 Å². The molecule has 1 amide bonds. The molecule has 2 N–H and O–H groups in total. The maximum absolute atomic E-state index is 12.6. The van der Waals surface area contributed by atoms with Crippen LogP contribution in [-0.4, -0.2) is 54.9 Å². The van der Waals surface area contributed by atoms with Crippen LogP contribution in [0, 0.1) is 5.92 Å². The molecule has 0 fully saturated rings. The minimum absolute atomic E-state index is 0.113. The second-order valence-electron chi connectivity index (χ2n) is 7.08. The van der Waals surface area contributed by atoms with Crippen molar-refractivity contribution < 1.29 is 14.3 Å². The Morgan fingerprint density at radius 1 is 1.50 bits per heavy atom. The molecule has 1 unspecified atom stereocenters. The highest BCUT2D eigenvalue weighted by Gasteiger charge is 2.25. The Hall–Kier alpha value is -2.54. The van der Waals surface area contributed by atoms with Gasteiger partial charge in [0.2, 0.25) is 0 Å². The second kappa shape index (κ2) is 6.99. The van der Waals surface area contributed by atoms with Gasteiger partial charge in [-0.1, -0.05) is 6.07 Å². The monoisotopic (exact) mass is 356 g/mol. The number of nitrogens with one attached hydrogen (secondary N) is 2. The largest absolute Gasteiger partial charge is 0.497 e. The average molecular weight is 356 g/mol. The van der Waals surface area contributed by atoms with Gasteiger partial charge in [-0.25, -0.2) is 0 Å². The number of likely N-dealkylation sites (N-methyl/N-ethyl adjacent to an activating group) is 1. The van der Waals surface area contributed by atoms with Crippen LogP contribution in [0.2, 0.25) is 0 Å². The standard InChI is InChI=1S/C19H24N4O3/c1-23-6-5-16-15(10-23)18(22-21-16)19(24)20-9-12-7-13-3-4-14(25-2)8-17(13)26-11-12/h3-4,8,12H,5-7,9-11H2,1-2H3,(H,20,24)(H,21,22). The molecule has 0 bridgehead atoms. The number of carbonyl (C=O) groups is 1.